The van der Waals surface area contributed by atoms with E-state index in [0.717, 1.165) is 37.7 Å². The van der Waals surface area contributed by atoms with E-state index >= 15 is 0 Å². The van der Waals surface area contributed by atoms with Crippen molar-refractivity contribution in [3.05, 3.63) is 35.9 Å². The highest BCUT2D eigenvalue weighted by Gasteiger charge is 2.70. The number of nitrogens with two attached hydrogens (primary N) is 1. The topological polar surface area (TPSA) is 151 Å². The Morgan fingerprint density at radius 2 is 1.69 bits per heavy atom. The summed E-state index contributed by atoms with van der Waals surface area (Å²) in [6.07, 6.45) is 11.1. The number of terminal acetylenes is 1. The number of piperidine rings is 1. The highest BCUT2D eigenvalue weighted by molar-refractivity contribution is 6.37. The number of carbonyl (C=O) groups is 5. The molecule has 0 bridgehead atoms. The maximum atomic E-state index is 14.3. The van der Waals surface area contributed by atoms with Gasteiger partial charge in [-0.3, -0.25) is 19.2 Å². The van der Waals surface area contributed by atoms with Crippen molar-refractivity contribution in [3.63, 3.8) is 0 Å². The standard InChI is InChI=1S/C35H49N5O5/c1-7-8-17-24(27(41)29(36)42)37-30(43)26-25-23(34(25,5)6)21-40(26)31(44)28(33(2,3)4)38-32(45)39-35(18-13-10-14-19-35)20-22-15-11-9-12-16-22/h1,9,11-12,15-16,23-26,28H,8,10,13-14,17-21H2,2-6H3,(H2,36,42)(H,37,43)(H2,38,39,45)/t23?,24?,25-,26-,28+/m0/s1. The number of nitrogens with one attached hydrogen (secondary N) is 3. The highest BCUT2D eigenvalue weighted by atomic mass is 16.2. The van der Waals surface area contributed by atoms with E-state index < -0.39 is 52.7 Å². The summed E-state index contributed by atoms with van der Waals surface area (Å²) in [5.74, 6) is -0.610. The fraction of sp³-hybridized carbons (Fsp3) is 0.629. The van der Waals surface area contributed by atoms with Gasteiger partial charge in [0.05, 0.1) is 6.04 Å². The SMILES string of the molecule is C#CCCC(NC(=O)[C@@H]1[C@@H]2C(CN1C(=O)[C@@H](NC(=O)NC1(Cc3ccccc3)CCCCC1)C(C)(C)C)C2(C)C)C(=O)C(N)=O. The summed E-state index contributed by atoms with van der Waals surface area (Å²) in [5.41, 5.74) is 5.11. The van der Waals surface area contributed by atoms with Gasteiger partial charge in [0.1, 0.15) is 12.1 Å². The van der Waals surface area contributed by atoms with Crippen LogP contribution in [-0.2, 0) is 25.6 Å². The van der Waals surface area contributed by atoms with Gasteiger partial charge in [-0.1, -0.05) is 84.2 Å². The summed E-state index contributed by atoms with van der Waals surface area (Å²) >= 11 is 0. The molecule has 0 radical (unpaired) electrons. The molecule has 1 saturated heterocycles. The quantitative estimate of drug-likeness (QED) is 0.222. The number of nitrogens with zero attached hydrogens (tertiary/aromatic N) is 1. The fourth-order valence-electron chi connectivity index (χ4n) is 7.52. The summed E-state index contributed by atoms with van der Waals surface area (Å²) < 4.78 is 0. The number of urea groups is 1. The van der Waals surface area contributed by atoms with Gasteiger partial charge in [0.15, 0.2) is 0 Å². The van der Waals surface area contributed by atoms with E-state index in [1.807, 2.05) is 39.0 Å². The zero-order valence-corrected chi connectivity index (χ0v) is 27.3. The first kappa shape index (κ1) is 34.0. The van der Waals surface area contributed by atoms with Crippen LogP contribution in [0, 0.1) is 35.0 Å². The minimum atomic E-state index is -1.18. The van der Waals surface area contributed by atoms with Crippen LogP contribution in [0.3, 0.4) is 0 Å². The van der Waals surface area contributed by atoms with Crippen LogP contribution in [-0.4, -0.2) is 64.6 Å². The highest BCUT2D eigenvalue weighted by Crippen LogP contribution is 2.65. The molecule has 45 heavy (non-hydrogen) atoms. The Morgan fingerprint density at radius 1 is 1.04 bits per heavy atom. The molecule has 3 fully saturated rings. The molecule has 5 N–H and O–H groups in total. The molecule has 0 aromatic heterocycles. The number of Topliss-reactive ketones (excluding diaryl/α,β-unsaturated/α-hetero) is 1. The molecule has 2 aliphatic carbocycles. The average Bonchev–Trinajstić information content (AvgIpc) is 3.28. The number of carbonyl (C=O) groups excluding carboxylic acids is 5. The molecule has 10 nitrogen and oxygen atoms in total. The first-order valence-electron chi connectivity index (χ1n) is 16.1. The van der Waals surface area contributed by atoms with Crippen LogP contribution in [0.25, 0.3) is 0 Å². The van der Waals surface area contributed by atoms with Crippen LogP contribution in [0.15, 0.2) is 30.3 Å². The number of amides is 5. The molecule has 244 valence electrons. The number of hydrogen-bond acceptors (Lipinski definition) is 5. The van der Waals surface area contributed by atoms with E-state index in [4.69, 9.17) is 12.2 Å². The van der Waals surface area contributed by atoms with E-state index in [9.17, 15) is 24.0 Å². The monoisotopic (exact) mass is 619 g/mol. The van der Waals surface area contributed by atoms with Gasteiger partial charge in [0.25, 0.3) is 5.91 Å². The minimum Gasteiger partial charge on any atom is -0.363 e. The van der Waals surface area contributed by atoms with Crippen molar-refractivity contribution in [1.82, 2.24) is 20.9 Å². The summed E-state index contributed by atoms with van der Waals surface area (Å²) in [6.45, 7) is 10.1. The smallest absolute Gasteiger partial charge is 0.315 e. The van der Waals surface area contributed by atoms with Crippen molar-refractivity contribution >= 4 is 29.5 Å². The van der Waals surface area contributed by atoms with Gasteiger partial charge in [-0.2, -0.15) is 0 Å². The van der Waals surface area contributed by atoms with Gasteiger partial charge in [-0.25, -0.2) is 4.79 Å². The van der Waals surface area contributed by atoms with Gasteiger partial charge < -0.3 is 26.6 Å². The molecule has 0 spiro atoms. The lowest BCUT2D eigenvalue weighted by Gasteiger charge is -2.41. The number of likely N-dealkylation sites (tertiary alicyclic amines) is 1. The molecule has 5 amide bonds. The van der Waals surface area contributed by atoms with Gasteiger partial charge in [0, 0.05) is 18.5 Å². The van der Waals surface area contributed by atoms with Crippen LogP contribution in [0.4, 0.5) is 4.79 Å². The number of benzene rings is 1. The molecule has 10 heteroatoms. The molecular formula is C35H49N5O5. The van der Waals surface area contributed by atoms with Crippen LogP contribution < -0.4 is 21.7 Å². The molecule has 1 aromatic rings. The fourth-order valence-corrected chi connectivity index (χ4v) is 7.52. The van der Waals surface area contributed by atoms with Crippen molar-refractivity contribution in [2.75, 3.05) is 6.54 Å². The maximum Gasteiger partial charge on any atom is 0.315 e. The molecule has 3 aliphatic rings. The van der Waals surface area contributed by atoms with Crippen molar-refractivity contribution in [2.45, 2.75) is 110 Å². The first-order chi connectivity index (χ1) is 21.1. The van der Waals surface area contributed by atoms with Gasteiger partial charge in [-0.15, -0.1) is 12.3 Å². The van der Waals surface area contributed by atoms with Crippen LogP contribution in [0.2, 0.25) is 0 Å². The van der Waals surface area contributed by atoms with Gasteiger partial charge in [0.2, 0.25) is 17.6 Å². The molecule has 2 unspecified atom stereocenters. The van der Waals surface area contributed by atoms with Crippen molar-refractivity contribution in [2.24, 2.45) is 28.4 Å². The summed E-state index contributed by atoms with van der Waals surface area (Å²) in [6, 6.07) is 6.72. The van der Waals surface area contributed by atoms with Gasteiger partial charge in [-0.05, 0) is 53.9 Å². The molecule has 1 heterocycles. The third-order valence-corrected chi connectivity index (χ3v) is 10.2. The third-order valence-electron chi connectivity index (χ3n) is 10.2. The molecule has 1 aromatic carbocycles. The second kappa shape index (κ2) is 13.2. The molecule has 1 aliphatic heterocycles. The largest absolute Gasteiger partial charge is 0.363 e. The van der Waals surface area contributed by atoms with Crippen molar-refractivity contribution in [1.29, 1.82) is 0 Å². The number of rotatable bonds is 11. The summed E-state index contributed by atoms with van der Waals surface area (Å²) in [7, 11) is 0. The first-order valence-corrected chi connectivity index (χ1v) is 16.1. The van der Waals surface area contributed by atoms with Crippen LogP contribution >= 0.6 is 0 Å². The average molecular weight is 620 g/mol. The minimum absolute atomic E-state index is 0.0548. The lowest BCUT2D eigenvalue weighted by molar-refractivity contribution is -0.145. The van der Waals surface area contributed by atoms with Crippen LogP contribution in [0.5, 0.6) is 0 Å². The van der Waals surface area contributed by atoms with E-state index in [1.165, 1.54) is 0 Å². The maximum absolute atomic E-state index is 14.3. The van der Waals surface area contributed by atoms with E-state index in [2.05, 4.69) is 47.9 Å². The number of ketones is 1. The van der Waals surface area contributed by atoms with E-state index in [0.29, 0.717) is 13.0 Å². The van der Waals surface area contributed by atoms with E-state index in [1.54, 1.807) is 4.90 Å². The van der Waals surface area contributed by atoms with E-state index in [-0.39, 0.29) is 36.0 Å². The Hall–Kier alpha value is -3.87. The Morgan fingerprint density at radius 3 is 2.27 bits per heavy atom. The Bertz CT molecular complexity index is 1340. The normalized spacial score (nSPS) is 24.3. The van der Waals surface area contributed by atoms with Gasteiger partial charge >= 0.3 is 6.03 Å². The summed E-state index contributed by atoms with van der Waals surface area (Å²) in [5, 5.41) is 8.93. The molecule has 4 rings (SSSR count). The molecular weight excluding hydrogens is 570 g/mol. The predicted octanol–water partition coefficient (Wildman–Crippen LogP) is 3.08. The zero-order chi connectivity index (χ0) is 33.2. The van der Waals surface area contributed by atoms with Crippen molar-refractivity contribution < 1.29 is 24.0 Å². The number of primary amides is 1. The Balaban J connectivity index is 1.54. The van der Waals surface area contributed by atoms with Crippen molar-refractivity contribution in [3.8, 4) is 12.3 Å². The Kier molecular flexibility index (Phi) is 10.0. The number of fused-ring (bicyclic) bond motifs is 1. The lowest BCUT2D eigenvalue weighted by Crippen LogP contribution is -2.63. The third kappa shape index (κ3) is 7.51. The molecule has 2 saturated carbocycles. The second-order valence-electron chi connectivity index (χ2n) is 14.8. The predicted molar refractivity (Wildman–Crippen MR) is 171 cm³/mol. The Labute approximate surface area is 267 Å². The molecule has 5 atom stereocenters. The van der Waals surface area contributed by atoms with Crippen LogP contribution in [0.1, 0.15) is 85.1 Å². The summed E-state index contributed by atoms with van der Waals surface area (Å²) in [4.78, 5) is 67.5. The lowest BCUT2D eigenvalue weighted by atomic mass is 9.77. The second-order valence-corrected chi connectivity index (χ2v) is 14.8. The number of hydrogen-bond donors (Lipinski definition) is 4. The zero-order valence-electron chi connectivity index (χ0n) is 27.3.